The SMILES string of the molecule is Cc1ccc(-c2c(C)sc(C)c2C(=O)O)cc1. The summed E-state index contributed by atoms with van der Waals surface area (Å²) in [5, 5.41) is 9.28. The van der Waals surface area contributed by atoms with Crippen LogP contribution in [0.25, 0.3) is 11.1 Å². The predicted molar refractivity (Wildman–Crippen MR) is 70.9 cm³/mol. The second-order valence-electron chi connectivity index (χ2n) is 4.14. The Hall–Kier alpha value is -1.61. The molecule has 3 heteroatoms. The molecule has 0 saturated heterocycles. The van der Waals surface area contributed by atoms with Crippen LogP contribution in [0.1, 0.15) is 25.7 Å². The van der Waals surface area contributed by atoms with E-state index in [2.05, 4.69) is 0 Å². The van der Waals surface area contributed by atoms with Crippen LogP contribution in [0, 0.1) is 20.8 Å². The Kier molecular flexibility index (Phi) is 3.03. The lowest BCUT2D eigenvalue weighted by atomic mass is 10.00. The summed E-state index contributed by atoms with van der Waals surface area (Å²) in [5.74, 6) is -0.845. The van der Waals surface area contributed by atoms with E-state index in [4.69, 9.17) is 0 Å². The third-order valence-electron chi connectivity index (χ3n) is 2.81. The van der Waals surface area contributed by atoms with Gasteiger partial charge in [0.2, 0.25) is 0 Å². The number of hydrogen-bond donors (Lipinski definition) is 1. The Morgan fingerprint density at radius 3 is 2.18 bits per heavy atom. The van der Waals surface area contributed by atoms with Gasteiger partial charge in [-0.3, -0.25) is 0 Å². The quantitative estimate of drug-likeness (QED) is 0.868. The molecule has 0 aliphatic rings. The summed E-state index contributed by atoms with van der Waals surface area (Å²) in [6, 6.07) is 7.98. The van der Waals surface area contributed by atoms with E-state index in [-0.39, 0.29) is 0 Å². The topological polar surface area (TPSA) is 37.3 Å². The van der Waals surface area contributed by atoms with Crippen LogP contribution in [0.4, 0.5) is 0 Å². The molecule has 0 aliphatic carbocycles. The van der Waals surface area contributed by atoms with E-state index < -0.39 is 5.97 Å². The van der Waals surface area contributed by atoms with Crippen molar-refractivity contribution in [2.24, 2.45) is 0 Å². The highest BCUT2D eigenvalue weighted by molar-refractivity contribution is 7.12. The number of carboxylic acid groups (broad SMARTS) is 1. The van der Waals surface area contributed by atoms with Crippen molar-refractivity contribution >= 4 is 17.3 Å². The zero-order chi connectivity index (χ0) is 12.6. The summed E-state index contributed by atoms with van der Waals surface area (Å²) in [5.41, 5.74) is 3.46. The normalized spacial score (nSPS) is 10.5. The minimum absolute atomic E-state index is 0.441. The monoisotopic (exact) mass is 246 g/mol. The predicted octanol–water partition coefficient (Wildman–Crippen LogP) is 4.04. The van der Waals surface area contributed by atoms with Gasteiger partial charge in [-0.25, -0.2) is 4.79 Å². The summed E-state index contributed by atoms with van der Waals surface area (Å²) < 4.78 is 0. The molecule has 2 aromatic rings. The Morgan fingerprint density at radius 1 is 1.06 bits per heavy atom. The van der Waals surface area contributed by atoms with Crippen LogP contribution in [0.2, 0.25) is 0 Å². The minimum atomic E-state index is -0.845. The largest absolute Gasteiger partial charge is 0.478 e. The highest BCUT2D eigenvalue weighted by atomic mass is 32.1. The van der Waals surface area contributed by atoms with Gasteiger partial charge in [0.1, 0.15) is 0 Å². The van der Waals surface area contributed by atoms with E-state index in [1.807, 2.05) is 45.0 Å². The fraction of sp³-hybridized carbons (Fsp3) is 0.214. The molecule has 0 spiro atoms. The molecule has 0 unspecified atom stereocenters. The van der Waals surface area contributed by atoms with E-state index in [0.717, 1.165) is 20.9 Å². The average Bonchev–Trinajstić information content (AvgIpc) is 2.55. The van der Waals surface area contributed by atoms with Gasteiger partial charge in [-0.15, -0.1) is 11.3 Å². The molecule has 17 heavy (non-hydrogen) atoms. The van der Waals surface area contributed by atoms with Crippen molar-refractivity contribution in [3.8, 4) is 11.1 Å². The molecule has 1 aromatic heterocycles. The standard InChI is InChI=1S/C14H14O2S/c1-8-4-6-11(7-5-8)12-9(2)17-10(3)13(12)14(15)16/h4-7H,1-3H3,(H,15,16). The van der Waals surface area contributed by atoms with E-state index in [9.17, 15) is 9.90 Å². The number of carbonyl (C=O) groups is 1. The van der Waals surface area contributed by atoms with Crippen LogP contribution in [-0.2, 0) is 0 Å². The van der Waals surface area contributed by atoms with Crippen molar-refractivity contribution in [2.75, 3.05) is 0 Å². The van der Waals surface area contributed by atoms with Crippen LogP contribution >= 0.6 is 11.3 Å². The van der Waals surface area contributed by atoms with Gasteiger partial charge >= 0.3 is 5.97 Å². The van der Waals surface area contributed by atoms with Gasteiger partial charge in [-0.2, -0.15) is 0 Å². The molecule has 0 fully saturated rings. The Morgan fingerprint density at radius 2 is 1.65 bits per heavy atom. The highest BCUT2D eigenvalue weighted by Crippen LogP contribution is 2.35. The maximum atomic E-state index is 11.3. The number of aromatic carboxylic acids is 1. The van der Waals surface area contributed by atoms with E-state index >= 15 is 0 Å². The van der Waals surface area contributed by atoms with E-state index in [0.29, 0.717) is 5.56 Å². The van der Waals surface area contributed by atoms with Crippen LogP contribution in [-0.4, -0.2) is 11.1 Å². The third kappa shape index (κ3) is 2.11. The van der Waals surface area contributed by atoms with Gasteiger partial charge in [0.25, 0.3) is 0 Å². The molecular weight excluding hydrogens is 232 g/mol. The van der Waals surface area contributed by atoms with Crippen LogP contribution in [0.15, 0.2) is 24.3 Å². The highest BCUT2D eigenvalue weighted by Gasteiger charge is 2.19. The molecule has 0 radical (unpaired) electrons. The second kappa shape index (κ2) is 4.34. The van der Waals surface area contributed by atoms with Gasteiger partial charge in [-0.1, -0.05) is 29.8 Å². The number of carboxylic acids is 1. The van der Waals surface area contributed by atoms with Crippen molar-refractivity contribution in [2.45, 2.75) is 20.8 Å². The van der Waals surface area contributed by atoms with Gasteiger partial charge in [-0.05, 0) is 26.3 Å². The first-order chi connectivity index (χ1) is 8.00. The second-order valence-corrected chi connectivity index (χ2v) is 5.56. The van der Waals surface area contributed by atoms with Gasteiger partial charge in [0, 0.05) is 15.3 Å². The van der Waals surface area contributed by atoms with Gasteiger partial charge in [0.15, 0.2) is 0 Å². The summed E-state index contributed by atoms with van der Waals surface area (Å²) in [4.78, 5) is 13.2. The van der Waals surface area contributed by atoms with Crippen molar-refractivity contribution in [3.05, 3.63) is 45.1 Å². The molecule has 2 rings (SSSR count). The minimum Gasteiger partial charge on any atom is -0.478 e. The molecular formula is C14H14O2S. The Balaban J connectivity index is 2.66. The molecule has 2 nitrogen and oxygen atoms in total. The Bertz CT molecular complexity index is 565. The first kappa shape index (κ1) is 11.9. The summed E-state index contributed by atoms with van der Waals surface area (Å²) >= 11 is 1.54. The number of hydrogen-bond acceptors (Lipinski definition) is 2. The lowest BCUT2D eigenvalue weighted by Crippen LogP contribution is -1.99. The van der Waals surface area contributed by atoms with Crippen LogP contribution in [0.5, 0.6) is 0 Å². The van der Waals surface area contributed by atoms with Gasteiger partial charge < -0.3 is 5.11 Å². The number of aryl methyl sites for hydroxylation is 3. The molecule has 1 N–H and O–H groups in total. The summed E-state index contributed by atoms with van der Waals surface area (Å²) in [7, 11) is 0. The van der Waals surface area contributed by atoms with Crippen molar-refractivity contribution < 1.29 is 9.90 Å². The van der Waals surface area contributed by atoms with Crippen molar-refractivity contribution in [3.63, 3.8) is 0 Å². The van der Waals surface area contributed by atoms with Crippen LogP contribution in [0.3, 0.4) is 0 Å². The van der Waals surface area contributed by atoms with Crippen molar-refractivity contribution in [1.29, 1.82) is 0 Å². The smallest absolute Gasteiger partial charge is 0.337 e. The lowest BCUT2D eigenvalue weighted by molar-refractivity contribution is 0.0697. The average molecular weight is 246 g/mol. The molecule has 0 amide bonds. The molecule has 0 atom stereocenters. The first-order valence-electron chi connectivity index (χ1n) is 5.41. The molecule has 1 aromatic carbocycles. The molecule has 88 valence electrons. The fourth-order valence-corrected chi connectivity index (χ4v) is 3.08. The molecule has 0 saturated carbocycles. The number of benzene rings is 1. The number of rotatable bonds is 2. The lowest BCUT2D eigenvalue weighted by Gasteiger charge is -2.04. The number of thiophene rings is 1. The Labute approximate surface area is 105 Å². The summed E-state index contributed by atoms with van der Waals surface area (Å²) in [6.45, 7) is 5.85. The third-order valence-corrected chi connectivity index (χ3v) is 3.84. The first-order valence-corrected chi connectivity index (χ1v) is 6.22. The van der Waals surface area contributed by atoms with Gasteiger partial charge in [0.05, 0.1) is 5.56 Å². The molecule has 1 heterocycles. The zero-order valence-corrected chi connectivity index (χ0v) is 10.9. The molecule has 0 bridgehead atoms. The fourth-order valence-electron chi connectivity index (χ4n) is 2.01. The van der Waals surface area contributed by atoms with E-state index in [1.165, 1.54) is 5.56 Å². The summed E-state index contributed by atoms with van der Waals surface area (Å²) in [6.07, 6.45) is 0. The van der Waals surface area contributed by atoms with E-state index in [1.54, 1.807) is 11.3 Å². The zero-order valence-electron chi connectivity index (χ0n) is 10.1. The van der Waals surface area contributed by atoms with Crippen LogP contribution < -0.4 is 0 Å². The maximum Gasteiger partial charge on any atom is 0.337 e. The maximum absolute atomic E-state index is 11.3. The van der Waals surface area contributed by atoms with Crippen molar-refractivity contribution in [1.82, 2.24) is 0 Å². The molecule has 0 aliphatic heterocycles.